The summed E-state index contributed by atoms with van der Waals surface area (Å²) >= 11 is 3.29. The maximum Gasteiger partial charge on any atom is 0.267 e. The molecule has 0 unspecified atom stereocenters. The van der Waals surface area contributed by atoms with Crippen LogP contribution in [0.5, 0.6) is 0 Å². The zero-order valence-corrected chi connectivity index (χ0v) is 15.0. The topological polar surface area (TPSA) is 50.3 Å². The zero-order valence-electron chi connectivity index (χ0n) is 13.4. The first-order chi connectivity index (χ1) is 12.6. The van der Waals surface area contributed by atoms with Gasteiger partial charge in [0.2, 0.25) is 0 Å². The Labute approximate surface area is 157 Å². The monoisotopic (exact) mass is 410 g/mol. The Morgan fingerprint density at radius 3 is 2.19 bits per heavy atom. The first-order valence-electron chi connectivity index (χ1n) is 7.90. The lowest BCUT2D eigenvalue weighted by Crippen LogP contribution is -2.30. The van der Waals surface area contributed by atoms with Crippen LogP contribution in [0, 0.1) is 5.82 Å². The molecule has 1 aliphatic rings. The quantitative estimate of drug-likeness (QED) is 0.468. The van der Waals surface area contributed by atoms with E-state index in [9.17, 15) is 14.0 Å². The van der Waals surface area contributed by atoms with Crippen LogP contribution in [-0.4, -0.2) is 16.8 Å². The van der Waals surface area contributed by atoms with Crippen molar-refractivity contribution >= 4 is 33.6 Å². The lowest BCUT2D eigenvalue weighted by molar-refractivity contribution is 0.0925. The zero-order chi connectivity index (χ0) is 18.3. The van der Waals surface area contributed by atoms with Crippen LogP contribution in [-0.2, 0) is 5.33 Å². The van der Waals surface area contributed by atoms with E-state index in [0.29, 0.717) is 27.7 Å². The summed E-state index contributed by atoms with van der Waals surface area (Å²) in [7, 11) is 0. The van der Waals surface area contributed by atoms with Gasteiger partial charge >= 0.3 is 0 Å². The van der Waals surface area contributed by atoms with Gasteiger partial charge in [-0.25, -0.2) is 14.3 Å². The number of benzene rings is 2. The molecule has 4 nitrogen and oxygen atoms in total. The van der Waals surface area contributed by atoms with E-state index in [1.807, 2.05) is 0 Å². The molecule has 2 aromatic carbocycles. The Balaban J connectivity index is 1.76. The Morgan fingerprint density at radius 2 is 1.58 bits per heavy atom. The second kappa shape index (κ2) is 6.46. The molecule has 128 valence electrons. The predicted molar refractivity (Wildman–Crippen MR) is 99.8 cm³/mol. The number of hydrogen-bond donors (Lipinski definition) is 0. The van der Waals surface area contributed by atoms with E-state index in [0.717, 1.165) is 10.5 Å². The summed E-state index contributed by atoms with van der Waals surface area (Å²) in [6.07, 6.45) is 0. The summed E-state index contributed by atoms with van der Waals surface area (Å²) in [5.74, 6) is -1.08. The molecule has 0 spiro atoms. The number of carbonyl (C=O) groups excluding carboxylic acids is 2. The summed E-state index contributed by atoms with van der Waals surface area (Å²) in [5, 5.41) is 0.548. The molecule has 4 rings (SSSR count). The molecule has 6 heteroatoms. The number of aromatic nitrogens is 1. The van der Waals surface area contributed by atoms with Crippen molar-refractivity contribution < 1.29 is 14.0 Å². The van der Waals surface area contributed by atoms with Gasteiger partial charge in [-0.05, 0) is 42.0 Å². The number of halogens is 2. The van der Waals surface area contributed by atoms with Crippen LogP contribution in [0.2, 0.25) is 0 Å². The minimum Gasteiger partial charge on any atom is -0.268 e. The van der Waals surface area contributed by atoms with Crippen LogP contribution >= 0.6 is 15.9 Å². The number of imide groups is 1. The van der Waals surface area contributed by atoms with Crippen LogP contribution in [0.3, 0.4) is 0 Å². The van der Waals surface area contributed by atoms with Gasteiger partial charge in [-0.3, -0.25) is 9.59 Å². The van der Waals surface area contributed by atoms with E-state index in [1.54, 1.807) is 54.6 Å². The third-order valence-corrected chi connectivity index (χ3v) is 4.87. The number of rotatable bonds is 3. The predicted octanol–water partition coefficient (Wildman–Crippen LogP) is 4.58. The Kier molecular flexibility index (Phi) is 4.12. The maximum atomic E-state index is 14.4. The Hall–Kier alpha value is -2.86. The molecule has 2 amide bonds. The lowest BCUT2D eigenvalue weighted by Gasteiger charge is -2.14. The van der Waals surface area contributed by atoms with Gasteiger partial charge in [-0.1, -0.05) is 40.2 Å². The molecule has 0 bridgehead atoms. The highest BCUT2D eigenvalue weighted by atomic mass is 79.9. The molecule has 0 atom stereocenters. The summed E-state index contributed by atoms with van der Waals surface area (Å²) in [6, 6.07) is 16.4. The van der Waals surface area contributed by atoms with Gasteiger partial charge < -0.3 is 0 Å². The maximum absolute atomic E-state index is 14.4. The average molecular weight is 411 g/mol. The van der Waals surface area contributed by atoms with Crippen molar-refractivity contribution in [2.45, 2.75) is 5.33 Å². The Bertz CT molecular complexity index is 1020. The van der Waals surface area contributed by atoms with Crippen LogP contribution in [0.1, 0.15) is 26.3 Å². The van der Waals surface area contributed by atoms with Gasteiger partial charge in [-0.15, -0.1) is 0 Å². The molecule has 0 saturated carbocycles. The summed E-state index contributed by atoms with van der Waals surface area (Å²) < 4.78 is 14.4. The van der Waals surface area contributed by atoms with E-state index in [4.69, 9.17) is 0 Å². The third kappa shape index (κ3) is 2.63. The number of carbonyl (C=O) groups is 2. The van der Waals surface area contributed by atoms with Crippen LogP contribution < -0.4 is 4.90 Å². The van der Waals surface area contributed by atoms with Crippen molar-refractivity contribution in [2.75, 3.05) is 4.90 Å². The van der Waals surface area contributed by atoms with Gasteiger partial charge in [0, 0.05) is 10.9 Å². The fourth-order valence-corrected chi connectivity index (χ4v) is 3.29. The molecule has 0 N–H and O–H groups in total. The van der Waals surface area contributed by atoms with Gasteiger partial charge in [0.05, 0.1) is 16.8 Å². The van der Waals surface area contributed by atoms with Crippen molar-refractivity contribution in [1.29, 1.82) is 0 Å². The number of amides is 2. The first-order valence-corrected chi connectivity index (χ1v) is 9.02. The molecule has 0 fully saturated rings. The smallest absolute Gasteiger partial charge is 0.267 e. The van der Waals surface area contributed by atoms with E-state index < -0.39 is 17.6 Å². The first kappa shape index (κ1) is 16.6. The van der Waals surface area contributed by atoms with Crippen molar-refractivity contribution in [3.63, 3.8) is 0 Å². The SMILES string of the molecule is O=C1c2ccccc2C(=O)N1c1cccc(-c2ccc(CBr)cc2F)n1. The van der Waals surface area contributed by atoms with Gasteiger partial charge in [0.1, 0.15) is 11.6 Å². The summed E-state index contributed by atoms with van der Waals surface area (Å²) in [4.78, 5) is 30.6. The molecule has 0 saturated heterocycles. The highest BCUT2D eigenvalue weighted by molar-refractivity contribution is 9.08. The van der Waals surface area contributed by atoms with Crippen molar-refractivity contribution in [3.8, 4) is 11.3 Å². The third-order valence-electron chi connectivity index (χ3n) is 4.22. The average Bonchev–Trinajstić information content (AvgIpc) is 2.93. The molecule has 1 aliphatic heterocycles. The van der Waals surface area contributed by atoms with Crippen molar-refractivity contribution in [1.82, 2.24) is 4.98 Å². The fraction of sp³-hybridized carbons (Fsp3) is 0.0500. The van der Waals surface area contributed by atoms with E-state index >= 15 is 0 Å². The molecular formula is C20H12BrFN2O2. The molecular weight excluding hydrogens is 399 g/mol. The van der Waals surface area contributed by atoms with Gasteiger partial charge in [0.25, 0.3) is 11.8 Å². The van der Waals surface area contributed by atoms with E-state index in [1.165, 1.54) is 6.07 Å². The lowest BCUT2D eigenvalue weighted by atomic mass is 10.1. The normalized spacial score (nSPS) is 13.2. The van der Waals surface area contributed by atoms with Crippen molar-refractivity contribution in [2.24, 2.45) is 0 Å². The number of alkyl halides is 1. The second-order valence-corrected chi connectivity index (χ2v) is 6.38. The van der Waals surface area contributed by atoms with Crippen LogP contribution in [0.4, 0.5) is 10.2 Å². The minimum absolute atomic E-state index is 0.178. The van der Waals surface area contributed by atoms with Crippen LogP contribution in [0.15, 0.2) is 60.7 Å². The van der Waals surface area contributed by atoms with E-state index in [-0.39, 0.29) is 5.82 Å². The highest BCUT2D eigenvalue weighted by Crippen LogP contribution is 2.29. The number of nitrogens with zero attached hydrogens (tertiary/aromatic N) is 2. The van der Waals surface area contributed by atoms with Gasteiger partial charge in [0.15, 0.2) is 0 Å². The van der Waals surface area contributed by atoms with Crippen LogP contribution in [0.25, 0.3) is 11.3 Å². The summed E-state index contributed by atoms with van der Waals surface area (Å²) in [6.45, 7) is 0. The minimum atomic E-state index is -0.426. The van der Waals surface area contributed by atoms with E-state index in [2.05, 4.69) is 20.9 Å². The molecule has 1 aromatic heterocycles. The number of hydrogen-bond acceptors (Lipinski definition) is 3. The second-order valence-electron chi connectivity index (χ2n) is 5.82. The molecule has 0 radical (unpaired) electrons. The van der Waals surface area contributed by atoms with Gasteiger partial charge in [-0.2, -0.15) is 0 Å². The number of anilines is 1. The number of fused-ring (bicyclic) bond motifs is 1. The fourth-order valence-electron chi connectivity index (χ4n) is 2.94. The molecule has 3 aromatic rings. The largest absolute Gasteiger partial charge is 0.268 e. The highest BCUT2D eigenvalue weighted by Gasteiger charge is 2.37. The van der Waals surface area contributed by atoms with Crippen molar-refractivity contribution in [3.05, 3.63) is 83.2 Å². The summed E-state index contributed by atoms with van der Waals surface area (Å²) in [5.41, 5.74) is 2.17. The Morgan fingerprint density at radius 1 is 0.885 bits per heavy atom. The standard InChI is InChI=1S/C20H12BrFN2O2/c21-11-12-8-9-15(16(22)10-12)17-6-3-7-18(23-17)24-19(25)13-4-1-2-5-14(13)20(24)26/h1-10H,11H2. The molecule has 0 aliphatic carbocycles. The number of pyridine rings is 1. The molecule has 2 heterocycles. The molecule has 26 heavy (non-hydrogen) atoms.